The third-order valence-electron chi connectivity index (χ3n) is 4.43. The average molecular weight is 421 g/mol. The molecule has 6 nitrogen and oxygen atoms in total. The summed E-state index contributed by atoms with van der Waals surface area (Å²) in [6, 6.07) is 16.8. The summed E-state index contributed by atoms with van der Waals surface area (Å²) in [5.74, 6) is 1.01. The van der Waals surface area contributed by atoms with Gasteiger partial charge in [-0.2, -0.15) is 0 Å². The van der Waals surface area contributed by atoms with Crippen LogP contribution in [0.15, 0.2) is 65.3 Å². The highest BCUT2D eigenvalue weighted by atomic mass is 79.9. The van der Waals surface area contributed by atoms with Crippen molar-refractivity contribution in [2.75, 3.05) is 10.2 Å². The van der Waals surface area contributed by atoms with E-state index >= 15 is 0 Å². The topological polar surface area (TPSA) is 102 Å². The molecule has 2 aromatic carbocycles. The van der Waals surface area contributed by atoms with Crippen molar-refractivity contribution in [3.05, 3.63) is 82.0 Å². The third kappa shape index (κ3) is 3.11. The van der Waals surface area contributed by atoms with Crippen molar-refractivity contribution in [3.63, 3.8) is 0 Å². The minimum atomic E-state index is 0.201. The number of nitrogens with two attached hydrogens (primary N) is 1. The quantitative estimate of drug-likeness (QED) is 0.368. The summed E-state index contributed by atoms with van der Waals surface area (Å²) in [6.45, 7) is 0.450. The Morgan fingerprint density at radius 1 is 1.15 bits per heavy atom. The Hall–Kier alpha value is -3.03. The maximum Gasteiger partial charge on any atom is 0.154 e. The van der Waals surface area contributed by atoms with Crippen molar-refractivity contribution in [2.45, 2.75) is 6.54 Å². The van der Waals surface area contributed by atoms with Gasteiger partial charge in [0, 0.05) is 28.3 Å². The number of pyridine rings is 1. The number of benzene rings is 2. The second-order valence-corrected chi connectivity index (χ2v) is 7.04. The molecule has 0 amide bonds. The molecule has 2 heterocycles. The molecule has 0 bridgehead atoms. The molecule has 5 N–H and O–H groups in total. The van der Waals surface area contributed by atoms with Gasteiger partial charge in [-0.25, -0.2) is 4.98 Å². The van der Waals surface area contributed by atoms with Crippen molar-refractivity contribution in [1.29, 1.82) is 10.8 Å². The fourth-order valence-corrected chi connectivity index (χ4v) is 3.38. The van der Waals surface area contributed by atoms with Crippen LogP contribution < -0.4 is 16.0 Å². The number of halogens is 1. The van der Waals surface area contributed by atoms with Gasteiger partial charge in [-0.3, -0.25) is 15.7 Å². The van der Waals surface area contributed by atoms with Gasteiger partial charge in [-0.15, -0.1) is 0 Å². The molecular weight excluding hydrogens is 404 g/mol. The molecule has 0 fully saturated rings. The molecule has 0 saturated carbocycles. The zero-order valence-corrected chi connectivity index (χ0v) is 15.9. The number of hydrogen-bond donors (Lipinski definition) is 4. The van der Waals surface area contributed by atoms with E-state index < -0.39 is 0 Å². The number of aromatic nitrogens is 1. The first-order valence-corrected chi connectivity index (χ1v) is 9.16. The summed E-state index contributed by atoms with van der Waals surface area (Å²) < 4.78 is 0.866. The van der Waals surface area contributed by atoms with Gasteiger partial charge in [0.05, 0.1) is 11.4 Å². The van der Waals surface area contributed by atoms with E-state index in [4.69, 9.17) is 16.6 Å². The van der Waals surface area contributed by atoms with E-state index in [1.807, 2.05) is 48.5 Å². The van der Waals surface area contributed by atoms with Crippen LogP contribution in [0.25, 0.3) is 0 Å². The van der Waals surface area contributed by atoms with Gasteiger partial charge in [-0.05, 0) is 35.9 Å². The molecule has 0 aliphatic carbocycles. The van der Waals surface area contributed by atoms with Gasteiger partial charge in [0.1, 0.15) is 11.7 Å². The molecule has 3 aromatic rings. The summed E-state index contributed by atoms with van der Waals surface area (Å²) >= 11 is 3.47. The van der Waals surface area contributed by atoms with E-state index in [0.717, 1.165) is 15.7 Å². The molecule has 4 rings (SSSR count). The molecular formula is C20H17BrN6. The van der Waals surface area contributed by atoms with Gasteiger partial charge in [0.2, 0.25) is 0 Å². The Labute approximate surface area is 165 Å². The number of anilines is 3. The second kappa shape index (κ2) is 6.94. The van der Waals surface area contributed by atoms with Crippen LogP contribution in [0.5, 0.6) is 0 Å². The van der Waals surface area contributed by atoms with Gasteiger partial charge < -0.3 is 11.1 Å². The lowest BCUT2D eigenvalue weighted by Crippen LogP contribution is -2.36. The van der Waals surface area contributed by atoms with Crippen molar-refractivity contribution in [1.82, 2.24) is 4.98 Å². The van der Waals surface area contributed by atoms with E-state index in [1.165, 1.54) is 0 Å². The maximum atomic E-state index is 8.83. The zero-order chi connectivity index (χ0) is 19.0. The Bertz CT molecular complexity index is 1040. The molecule has 1 aliphatic rings. The molecule has 27 heavy (non-hydrogen) atoms. The van der Waals surface area contributed by atoms with Crippen molar-refractivity contribution in [3.8, 4) is 0 Å². The molecule has 0 radical (unpaired) electrons. The SMILES string of the molecule is N=C(c1ccc(CN)cc1)N1C(=N)c2cc(Br)ccc2Nc2ncccc21. The van der Waals surface area contributed by atoms with Crippen LogP contribution in [0.1, 0.15) is 16.7 Å². The predicted octanol–water partition coefficient (Wildman–Crippen LogP) is 4.22. The summed E-state index contributed by atoms with van der Waals surface area (Å²) in [4.78, 5) is 6.02. The standard InChI is InChI=1S/C20H17BrN6/c21-14-7-8-16-15(10-14)19(24)27(17-2-1-9-25-20(17)26-16)18(23)13-5-3-12(11-22)4-6-13/h1-10,23-24H,11,22H2,(H,25,26). The first kappa shape index (κ1) is 17.4. The van der Waals surface area contributed by atoms with Gasteiger partial charge in [-0.1, -0.05) is 40.2 Å². The number of amidine groups is 2. The van der Waals surface area contributed by atoms with Gasteiger partial charge in [0.25, 0.3) is 0 Å². The summed E-state index contributed by atoms with van der Waals surface area (Å²) in [5.41, 5.74) is 9.48. The van der Waals surface area contributed by atoms with Crippen LogP contribution in [-0.2, 0) is 6.54 Å². The van der Waals surface area contributed by atoms with Crippen LogP contribution in [0.4, 0.5) is 17.2 Å². The van der Waals surface area contributed by atoms with E-state index in [-0.39, 0.29) is 11.7 Å². The Kier molecular flexibility index (Phi) is 4.47. The lowest BCUT2D eigenvalue weighted by Gasteiger charge is -2.25. The van der Waals surface area contributed by atoms with Crippen LogP contribution >= 0.6 is 15.9 Å². The second-order valence-electron chi connectivity index (χ2n) is 6.12. The Morgan fingerprint density at radius 3 is 2.67 bits per heavy atom. The number of rotatable bonds is 2. The highest BCUT2D eigenvalue weighted by molar-refractivity contribution is 9.10. The fourth-order valence-electron chi connectivity index (χ4n) is 3.02. The lowest BCUT2D eigenvalue weighted by molar-refractivity contribution is 1.07. The monoisotopic (exact) mass is 420 g/mol. The van der Waals surface area contributed by atoms with E-state index in [0.29, 0.717) is 29.2 Å². The maximum absolute atomic E-state index is 8.83. The zero-order valence-electron chi connectivity index (χ0n) is 14.3. The number of nitrogens with zero attached hydrogens (tertiary/aromatic N) is 2. The predicted molar refractivity (Wildman–Crippen MR) is 112 cm³/mol. The number of fused-ring (bicyclic) bond motifs is 2. The van der Waals surface area contributed by atoms with Crippen molar-refractivity contribution < 1.29 is 0 Å². The molecule has 1 aromatic heterocycles. The molecule has 0 unspecified atom stereocenters. The Balaban J connectivity index is 1.86. The summed E-state index contributed by atoms with van der Waals surface area (Å²) in [6.07, 6.45) is 1.69. The molecule has 0 spiro atoms. The van der Waals surface area contributed by atoms with Gasteiger partial charge in [0.15, 0.2) is 5.82 Å². The fraction of sp³-hybridized carbons (Fsp3) is 0.0500. The highest BCUT2D eigenvalue weighted by Gasteiger charge is 2.28. The minimum Gasteiger partial charge on any atom is -0.338 e. The normalized spacial score (nSPS) is 12.7. The van der Waals surface area contributed by atoms with E-state index in [1.54, 1.807) is 17.2 Å². The number of nitrogens with one attached hydrogen (secondary N) is 3. The number of hydrogen-bond acceptors (Lipinski definition) is 5. The smallest absolute Gasteiger partial charge is 0.154 e. The Morgan fingerprint density at radius 2 is 1.93 bits per heavy atom. The third-order valence-corrected chi connectivity index (χ3v) is 4.92. The largest absolute Gasteiger partial charge is 0.338 e. The van der Waals surface area contributed by atoms with E-state index in [9.17, 15) is 0 Å². The van der Waals surface area contributed by atoms with Crippen molar-refractivity contribution >= 4 is 44.8 Å². The first-order chi connectivity index (χ1) is 13.1. The molecule has 7 heteroatoms. The van der Waals surface area contributed by atoms with Crippen LogP contribution in [0.3, 0.4) is 0 Å². The van der Waals surface area contributed by atoms with E-state index in [2.05, 4.69) is 26.2 Å². The minimum absolute atomic E-state index is 0.201. The molecule has 1 aliphatic heterocycles. The van der Waals surface area contributed by atoms with Crippen LogP contribution in [0, 0.1) is 10.8 Å². The van der Waals surface area contributed by atoms with Crippen molar-refractivity contribution in [2.24, 2.45) is 5.73 Å². The van der Waals surface area contributed by atoms with Crippen LogP contribution in [0.2, 0.25) is 0 Å². The van der Waals surface area contributed by atoms with Crippen LogP contribution in [-0.4, -0.2) is 16.7 Å². The lowest BCUT2D eigenvalue weighted by atomic mass is 10.1. The van der Waals surface area contributed by atoms with Gasteiger partial charge >= 0.3 is 0 Å². The average Bonchev–Trinajstić information content (AvgIpc) is 2.82. The molecule has 134 valence electrons. The summed E-state index contributed by atoms with van der Waals surface area (Å²) in [7, 11) is 0. The highest BCUT2D eigenvalue weighted by Crippen LogP contribution is 2.36. The molecule has 0 atom stereocenters. The molecule has 0 saturated heterocycles. The summed E-state index contributed by atoms with van der Waals surface area (Å²) in [5, 5.41) is 20.9. The first-order valence-electron chi connectivity index (χ1n) is 8.37.